The van der Waals surface area contributed by atoms with Gasteiger partial charge in [-0.05, 0) is 31.4 Å². The summed E-state index contributed by atoms with van der Waals surface area (Å²) >= 11 is 0. The fourth-order valence-corrected chi connectivity index (χ4v) is 2.54. The van der Waals surface area contributed by atoms with Crippen LogP contribution in [0.15, 0.2) is 43.0 Å². The topological polar surface area (TPSA) is 15.3 Å². The molecule has 1 aliphatic rings. The molecule has 18 heavy (non-hydrogen) atoms. The lowest BCUT2D eigenvalue weighted by atomic mass is 10.2. The zero-order valence-corrected chi connectivity index (χ0v) is 11.1. The molecule has 0 aromatic heterocycles. The van der Waals surface area contributed by atoms with E-state index in [9.17, 15) is 0 Å². The summed E-state index contributed by atoms with van der Waals surface area (Å²) in [5.74, 6) is 0. The molecule has 0 amide bonds. The Labute approximate surface area is 111 Å². The molecule has 1 saturated heterocycles. The highest BCUT2D eigenvalue weighted by Gasteiger charge is 2.21. The van der Waals surface area contributed by atoms with Crippen molar-refractivity contribution in [3.8, 4) is 0 Å². The first kappa shape index (κ1) is 13.3. The van der Waals surface area contributed by atoms with Gasteiger partial charge in [0.2, 0.25) is 0 Å². The molecule has 98 valence electrons. The Hall–Kier alpha value is -1.12. The first-order chi connectivity index (χ1) is 8.88. The number of nitrogens with one attached hydrogen (secondary N) is 1. The molecule has 1 atom stereocenters. The summed E-state index contributed by atoms with van der Waals surface area (Å²) in [6.45, 7) is 8.36. The zero-order chi connectivity index (χ0) is 12.6. The van der Waals surface area contributed by atoms with Crippen molar-refractivity contribution in [2.45, 2.75) is 31.8 Å². The maximum Gasteiger partial charge on any atom is 0.0234 e. The van der Waals surface area contributed by atoms with Crippen LogP contribution in [-0.4, -0.2) is 30.6 Å². The Morgan fingerprint density at radius 2 is 2.17 bits per heavy atom. The standard InChI is InChI=1S/C16H24N2/c1-2-3-7-11-17-16-10-12-18(14-16)13-15-8-5-4-6-9-15/h2,4-6,8-9,16-17H,1,3,7,10-14H2/t16-/m1/s1. The van der Waals surface area contributed by atoms with E-state index >= 15 is 0 Å². The summed E-state index contributed by atoms with van der Waals surface area (Å²) in [4.78, 5) is 2.54. The van der Waals surface area contributed by atoms with E-state index in [1.165, 1.54) is 31.5 Å². The third kappa shape index (κ3) is 4.28. The van der Waals surface area contributed by atoms with Gasteiger partial charge in [-0.1, -0.05) is 36.4 Å². The van der Waals surface area contributed by atoms with Crippen molar-refractivity contribution in [2.75, 3.05) is 19.6 Å². The normalized spacial score (nSPS) is 20.1. The molecule has 1 aromatic carbocycles. The van der Waals surface area contributed by atoms with Crippen molar-refractivity contribution in [3.05, 3.63) is 48.6 Å². The third-order valence-corrected chi connectivity index (χ3v) is 3.54. The average Bonchev–Trinajstić information content (AvgIpc) is 2.84. The lowest BCUT2D eigenvalue weighted by Gasteiger charge is -2.16. The van der Waals surface area contributed by atoms with Gasteiger partial charge < -0.3 is 5.32 Å². The quantitative estimate of drug-likeness (QED) is 0.586. The van der Waals surface area contributed by atoms with Crippen LogP contribution in [0.25, 0.3) is 0 Å². The summed E-state index contributed by atoms with van der Waals surface area (Å²) < 4.78 is 0. The molecule has 0 unspecified atom stereocenters. The van der Waals surface area contributed by atoms with Crippen molar-refractivity contribution in [1.29, 1.82) is 0 Å². The zero-order valence-electron chi connectivity index (χ0n) is 11.1. The van der Waals surface area contributed by atoms with Crippen LogP contribution in [0.2, 0.25) is 0 Å². The van der Waals surface area contributed by atoms with E-state index in [4.69, 9.17) is 0 Å². The molecule has 2 rings (SSSR count). The third-order valence-electron chi connectivity index (χ3n) is 3.54. The van der Waals surface area contributed by atoms with Crippen molar-refractivity contribution in [1.82, 2.24) is 10.2 Å². The van der Waals surface area contributed by atoms with Crippen LogP contribution in [-0.2, 0) is 6.54 Å². The molecule has 0 aliphatic carbocycles. The summed E-state index contributed by atoms with van der Waals surface area (Å²) in [7, 11) is 0. The van der Waals surface area contributed by atoms with Gasteiger partial charge in [-0.2, -0.15) is 0 Å². The van der Waals surface area contributed by atoms with Crippen molar-refractivity contribution in [3.63, 3.8) is 0 Å². The highest BCUT2D eigenvalue weighted by Crippen LogP contribution is 2.13. The van der Waals surface area contributed by atoms with Crippen LogP contribution in [0.4, 0.5) is 0 Å². The van der Waals surface area contributed by atoms with Crippen LogP contribution in [0.5, 0.6) is 0 Å². The molecule has 0 saturated carbocycles. The number of allylic oxidation sites excluding steroid dienone is 1. The maximum atomic E-state index is 3.75. The van der Waals surface area contributed by atoms with E-state index in [2.05, 4.69) is 47.1 Å². The SMILES string of the molecule is C=CCCCN[C@@H]1CCN(Cc2ccccc2)C1. The predicted molar refractivity (Wildman–Crippen MR) is 77.6 cm³/mol. The van der Waals surface area contributed by atoms with Crippen LogP contribution in [0.3, 0.4) is 0 Å². The lowest BCUT2D eigenvalue weighted by Crippen LogP contribution is -2.32. The first-order valence-corrected chi connectivity index (χ1v) is 6.99. The largest absolute Gasteiger partial charge is 0.313 e. The van der Waals surface area contributed by atoms with Crippen LogP contribution >= 0.6 is 0 Å². The highest BCUT2D eigenvalue weighted by molar-refractivity contribution is 5.14. The Bertz CT molecular complexity index is 347. The van der Waals surface area contributed by atoms with Gasteiger partial charge >= 0.3 is 0 Å². The molecule has 1 aliphatic heterocycles. The molecular weight excluding hydrogens is 220 g/mol. The van der Waals surface area contributed by atoms with E-state index in [1.54, 1.807) is 0 Å². The van der Waals surface area contributed by atoms with Gasteiger partial charge in [0.15, 0.2) is 0 Å². The van der Waals surface area contributed by atoms with E-state index < -0.39 is 0 Å². The predicted octanol–water partition coefficient (Wildman–Crippen LogP) is 2.82. The smallest absolute Gasteiger partial charge is 0.0234 e. The Balaban J connectivity index is 1.67. The van der Waals surface area contributed by atoms with Gasteiger partial charge in [-0.15, -0.1) is 6.58 Å². The fraction of sp³-hybridized carbons (Fsp3) is 0.500. The second-order valence-electron chi connectivity index (χ2n) is 5.09. The first-order valence-electron chi connectivity index (χ1n) is 6.99. The fourth-order valence-electron chi connectivity index (χ4n) is 2.54. The van der Waals surface area contributed by atoms with Gasteiger partial charge in [0.05, 0.1) is 0 Å². The Kier molecular flexibility index (Phi) is 5.43. The Morgan fingerprint density at radius 3 is 2.94 bits per heavy atom. The molecule has 2 heteroatoms. The van der Waals surface area contributed by atoms with E-state index in [1.807, 2.05) is 6.08 Å². The minimum Gasteiger partial charge on any atom is -0.313 e. The van der Waals surface area contributed by atoms with Gasteiger partial charge in [0, 0.05) is 25.7 Å². The Morgan fingerprint density at radius 1 is 1.33 bits per heavy atom. The highest BCUT2D eigenvalue weighted by atomic mass is 15.2. The molecule has 1 N–H and O–H groups in total. The van der Waals surface area contributed by atoms with Crippen molar-refractivity contribution >= 4 is 0 Å². The molecule has 1 aromatic rings. The van der Waals surface area contributed by atoms with E-state index in [0.717, 1.165) is 19.5 Å². The molecule has 0 spiro atoms. The van der Waals surface area contributed by atoms with Crippen LogP contribution < -0.4 is 5.32 Å². The van der Waals surface area contributed by atoms with Crippen LogP contribution in [0, 0.1) is 0 Å². The number of nitrogens with zero attached hydrogens (tertiary/aromatic N) is 1. The minimum absolute atomic E-state index is 0.679. The molecule has 0 radical (unpaired) electrons. The molecule has 0 bridgehead atoms. The number of benzene rings is 1. The molecular formula is C16H24N2. The summed E-state index contributed by atoms with van der Waals surface area (Å²) in [6, 6.07) is 11.4. The monoisotopic (exact) mass is 244 g/mol. The van der Waals surface area contributed by atoms with Crippen molar-refractivity contribution in [2.24, 2.45) is 0 Å². The van der Waals surface area contributed by atoms with Gasteiger partial charge in [0.1, 0.15) is 0 Å². The second-order valence-corrected chi connectivity index (χ2v) is 5.09. The van der Waals surface area contributed by atoms with Gasteiger partial charge in [-0.3, -0.25) is 4.90 Å². The lowest BCUT2D eigenvalue weighted by molar-refractivity contribution is 0.320. The van der Waals surface area contributed by atoms with Crippen molar-refractivity contribution < 1.29 is 0 Å². The van der Waals surface area contributed by atoms with Gasteiger partial charge in [-0.25, -0.2) is 0 Å². The number of likely N-dealkylation sites (tertiary alicyclic amines) is 1. The summed E-state index contributed by atoms with van der Waals surface area (Å²) in [5, 5.41) is 3.64. The number of rotatable bonds is 7. The second kappa shape index (κ2) is 7.34. The average molecular weight is 244 g/mol. The molecule has 2 nitrogen and oxygen atoms in total. The summed E-state index contributed by atoms with van der Waals surface area (Å²) in [5.41, 5.74) is 1.42. The van der Waals surface area contributed by atoms with E-state index in [0.29, 0.717) is 6.04 Å². The van der Waals surface area contributed by atoms with Gasteiger partial charge in [0.25, 0.3) is 0 Å². The number of unbranched alkanes of at least 4 members (excludes halogenated alkanes) is 1. The summed E-state index contributed by atoms with van der Waals surface area (Å²) in [6.07, 6.45) is 5.60. The maximum absolute atomic E-state index is 3.75. The molecule has 1 fully saturated rings. The molecule has 1 heterocycles. The minimum atomic E-state index is 0.679. The van der Waals surface area contributed by atoms with Crippen LogP contribution in [0.1, 0.15) is 24.8 Å². The number of hydrogen-bond donors (Lipinski definition) is 1. The van der Waals surface area contributed by atoms with E-state index in [-0.39, 0.29) is 0 Å². The number of hydrogen-bond acceptors (Lipinski definition) is 2.